The van der Waals surface area contributed by atoms with Gasteiger partial charge in [0.25, 0.3) is 11.8 Å². The SMILES string of the molecule is C=C(CC(=O)O)C(=O)O.CCCCC1C(=O)NN(c2ccccc2)C1=O.[PbH2]. The van der Waals surface area contributed by atoms with E-state index in [0.29, 0.717) is 12.1 Å². The van der Waals surface area contributed by atoms with Gasteiger partial charge in [-0.2, -0.15) is 0 Å². The molecule has 27 heavy (non-hydrogen) atoms. The van der Waals surface area contributed by atoms with Crippen molar-refractivity contribution >= 4 is 56.7 Å². The van der Waals surface area contributed by atoms with Crippen LogP contribution in [0.25, 0.3) is 0 Å². The van der Waals surface area contributed by atoms with E-state index in [1.54, 1.807) is 12.1 Å². The van der Waals surface area contributed by atoms with Gasteiger partial charge < -0.3 is 10.2 Å². The number of nitrogens with one attached hydrogen (secondary N) is 1. The third kappa shape index (κ3) is 7.89. The summed E-state index contributed by atoms with van der Waals surface area (Å²) in [6.07, 6.45) is 2.01. The van der Waals surface area contributed by atoms with Crippen LogP contribution in [0.4, 0.5) is 5.69 Å². The number of nitrogens with zero attached hydrogens (tertiary/aromatic N) is 1. The van der Waals surface area contributed by atoms with Crippen molar-refractivity contribution < 1.29 is 29.4 Å². The van der Waals surface area contributed by atoms with Crippen LogP contribution in [0.3, 0.4) is 0 Å². The quantitative estimate of drug-likeness (QED) is 0.256. The number of carbonyl (C=O) groups excluding carboxylic acids is 2. The number of anilines is 1. The fraction of sp³-hybridized carbons (Fsp3) is 0.333. The molecule has 1 saturated heterocycles. The first-order valence-electron chi connectivity index (χ1n) is 8.10. The molecule has 1 fully saturated rings. The van der Waals surface area contributed by atoms with Gasteiger partial charge in [-0.05, 0) is 18.6 Å². The van der Waals surface area contributed by atoms with E-state index in [2.05, 4.69) is 12.0 Å². The van der Waals surface area contributed by atoms with Gasteiger partial charge in [0.1, 0.15) is 5.92 Å². The Kier molecular flexibility index (Phi) is 11.2. The van der Waals surface area contributed by atoms with Gasteiger partial charge in [0.2, 0.25) is 0 Å². The Bertz CT molecular complexity index is 692. The van der Waals surface area contributed by atoms with Crippen molar-refractivity contribution in [3.05, 3.63) is 42.5 Å². The number of aliphatic carboxylic acids is 2. The minimum atomic E-state index is -1.27. The van der Waals surface area contributed by atoms with Crippen LogP contribution >= 0.6 is 0 Å². The Morgan fingerprint density at radius 2 is 1.78 bits per heavy atom. The molecule has 1 heterocycles. The Morgan fingerprint density at radius 1 is 1.19 bits per heavy atom. The van der Waals surface area contributed by atoms with E-state index < -0.39 is 24.3 Å². The molecule has 1 aliphatic heterocycles. The number of carbonyl (C=O) groups is 4. The molecule has 1 aromatic carbocycles. The predicted molar refractivity (Wildman–Crippen MR) is 103 cm³/mol. The van der Waals surface area contributed by atoms with Crippen LogP contribution in [-0.2, 0) is 19.2 Å². The van der Waals surface area contributed by atoms with Crippen molar-refractivity contribution in [2.24, 2.45) is 5.92 Å². The molecule has 1 aliphatic rings. The second-order valence-corrected chi connectivity index (χ2v) is 5.66. The van der Waals surface area contributed by atoms with Crippen LogP contribution < -0.4 is 10.4 Å². The third-order valence-electron chi connectivity index (χ3n) is 3.58. The molecule has 2 rings (SSSR count). The van der Waals surface area contributed by atoms with Gasteiger partial charge in [-0.3, -0.25) is 19.8 Å². The molecule has 3 N–H and O–H groups in total. The summed E-state index contributed by atoms with van der Waals surface area (Å²) >= 11 is 0. The molecular formula is C18H24N2O6Pb. The Hall–Kier alpha value is -2.24. The van der Waals surface area contributed by atoms with Gasteiger partial charge in [-0.15, -0.1) is 0 Å². The van der Waals surface area contributed by atoms with E-state index in [0.717, 1.165) is 12.8 Å². The summed E-state index contributed by atoms with van der Waals surface area (Å²) in [5, 5.41) is 17.4. The minimum absolute atomic E-state index is 0. The summed E-state index contributed by atoms with van der Waals surface area (Å²) in [4.78, 5) is 43.4. The molecule has 0 saturated carbocycles. The number of amides is 2. The van der Waals surface area contributed by atoms with Gasteiger partial charge in [-0.25, -0.2) is 9.80 Å². The zero-order valence-electron chi connectivity index (χ0n) is 15.2. The van der Waals surface area contributed by atoms with E-state index in [-0.39, 0.29) is 44.7 Å². The maximum absolute atomic E-state index is 12.1. The number of hydrazine groups is 1. The maximum atomic E-state index is 12.1. The van der Waals surface area contributed by atoms with Crippen LogP contribution in [-0.4, -0.2) is 61.3 Å². The monoisotopic (exact) mass is 572 g/mol. The van der Waals surface area contributed by atoms with E-state index in [1.165, 1.54) is 5.01 Å². The average Bonchev–Trinajstić information content (AvgIpc) is 2.88. The number of hydrogen-bond donors (Lipinski definition) is 3. The standard InChI is InChI=1S/C13H16N2O2.C5H6O4.Pb.2H/c1-2-3-9-11-12(16)14-15(13(11)17)10-7-5-4-6-8-10;1-3(5(8)9)2-4(6)7;;;/h4-8,11H,2-3,9H2,1H3,(H,14,16);1-2H2,(H,6,7)(H,8,9);;;. The first-order valence-corrected chi connectivity index (χ1v) is 8.10. The number of unbranched alkanes of at least 4 members (excludes halogenated alkanes) is 1. The molecule has 1 atom stereocenters. The molecule has 1 aromatic rings. The number of para-hydroxylation sites is 1. The summed E-state index contributed by atoms with van der Waals surface area (Å²) in [5.41, 5.74) is 3.03. The van der Waals surface area contributed by atoms with Gasteiger partial charge in [0.15, 0.2) is 0 Å². The molecule has 8 nitrogen and oxygen atoms in total. The number of rotatable bonds is 7. The Morgan fingerprint density at radius 3 is 2.22 bits per heavy atom. The molecule has 0 aliphatic carbocycles. The molecule has 0 spiro atoms. The zero-order valence-corrected chi connectivity index (χ0v) is 20.7. The predicted octanol–water partition coefficient (Wildman–Crippen LogP) is 1.06. The second kappa shape index (κ2) is 12.2. The number of carboxylic acid groups (broad SMARTS) is 2. The third-order valence-corrected chi connectivity index (χ3v) is 3.58. The fourth-order valence-electron chi connectivity index (χ4n) is 2.20. The van der Waals surface area contributed by atoms with Crippen molar-refractivity contribution in [1.82, 2.24) is 5.43 Å². The van der Waals surface area contributed by atoms with E-state index >= 15 is 0 Å². The summed E-state index contributed by atoms with van der Waals surface area (Å²) in [7, 11) is 0. The first kappa shape index (κ1) is 24.8. The van der Waals surface area contributed by atoms with Crippen molar-refractivity contribution in [1.29, 1.82) is 0 Å². The average molecular weight is 572 g/mol. The number of benzene rings is 1. The number of carboxylic acids is 2. The topological polar surface area (TPSA) is 124 Å². The summed E-state index contributed by atoms with van der Waals surface area (Å²) in [6, 6.07) is 9.17. The Balaban J connectivity index is 0.000000584. The molecule has 2 amide bonds. The van der Waals surface area contributed by atoms with Crippen molar-refractivity contribution in [2.45, 2.75) is 32.6 Å². The summed E-state index contributed by atoms with van der Waals surface area (Å²) < 4.78 is 0. The van der Waals surface area contributed by atoms with Crippen molar-refractivity contribution in [2.75, 3.05) is 5.01 Å². The van der Waals surface area contributed by atoms with Crippen molar-refractivity contribution in [3.8, 4) is 0 Å². The molecule has 1 unspecified atom stereocenters. The fourth-order valence-corrected chi connectivity index (χ4v) is 2.20. The van der Waals surface area contributed by atoms with E-state index in [9.17, 15) is 19.2 Å². The molecule has 9 heteroatoms. The Labute approximate surface area is 177 Å². The normalized spacial score (nSPS) is 15.1. The number of hydrogen-bond acceptors (Lipinski definition) is 4. The van der Waals surface area contributed by atoms with Crippen LogP contribution in [0.1, 0.15) is 32.6 Å². The molecule has 146 valence electrons. The van der Waals surface area contributed by atoms with Crippen LogP contribution in [0.2, 0.25) is 0 Å². The van der Waals surface area contributed by atoms with Crippen LogP contribution in [0.5, 0.6) is 0 Å². The first-order chi connectivity index (χ1) is 12.3. The summed E-state index contributed by atoms with van der Waals surface area (Å²) in [6.45, 7) is 5.06. The van der Waals surface area contributed by atoms with Gasteiger partial charge in [0.05, 0.1) is 12.1 Å². The van der Waals surface area contributed by atoms with Crippen LogP contribution in [0.15, 0.2) is 42.5 Å². The molecule has 0 aromatic heterocycles. The summed E-state index contributed by atoms with van der Waals surface area (Å²) in [5.74, 6) is -3.29. The van der Waals surface area contributed by atoms with Gasteiger partial charge in [0, 0.05) is 5.57 Å². The van der Waals surface area contributed by atoms with Gasteiger partial charge >= 0.3 is 39.2 Å². The van der Waals surface area contributed by atoms with E-state index in [4.69, 9.17) is 10.2 Å². The molecule has 2 radical (unpaired) electrons. The van der Waals surface area contributed by atoms with Gasteiger partial charge in [-0.1, -0.05) is 44.5 Å². The van der Waals surface area contributed by atoms with Crippen molar-refractivity contribution in [3.63, 3.8) is 0 Å². The molecule has 0 bridgehead atoms. The second-order valence-electron chi connectivity index (χ2n) is 5.66. The van der Waals surface area contributed by atoms with E-state index in [1.807, 2.05) is 25.1 Å². The van der Waals surface area contributed by atoms with Crippen LogP contribution in [0, 0.1) is 5.92 Å². The zero-order chi connectivity index (χ0) is 19.7. The molecular weight excluding hydrogens is 547 g/mol.